The largest absolute Gasteiger partial charge is 0.465 e. The zero-order chi connectivity index (χ0) is 16.4. The van der Waals surface area contributed by atoms with Crippen molar-refractivity contribution in [2.75, 3.05) is 12.4 Å². The molecular formula is C17H13FN2O3. The summed E-state index contributed by atoms with van der Waals surface area (Å²) in [6.07, 6.45) is 1.50. The van der Waals surface area contributed by atoms with Gasteiger partial charge in [-0.3, -0.25) is 4.79 Å². The lowest BCUT2D eigenvalue weighted by Gasteiger charge is -2.09. The third kappa shape index (κ3) is 2.78. The molecule has 0 saturated carbocycles. The molecule has 0 unspecified atom stereocenters. The van der Waals surface area contributed by atoms with Gasteiger partial charge < -0.3 is 15.0 Å². The number of rotatable bonds is 3. The number of nitrogens with one attached hydrogen (secondary N) is 2. The molecule has 23 heavy (non-hydrogen) atoms. The second-order valence-electron chi connectivity index (χ2n) is 4.88. The number of H-pyrrole nitrogens is 1. The number of anilines is 1. The number of para-hydroxylation sites is 1. The first-order chi connectivity index (χ1) is 11.1. The first-order valence-corrected chi connectivity index (χ1v) is 6.85. The molecule has 0 bridgehead atoms. The molecule has 0 aliphatic rings. The highest BCUT2D eigenvalue weighted by Gasteiger charge is 2.17. The van der Waals surface area contributed by atoms with Crippen LogP contribution < -0.4 is 5.32 Å². The normalized spacial score (nSPS) is 10.5. The van der Waals surface area contributed by atoms with E-state index < -0.39 is 17.7 Å². The fourth-order valence-electron chi connectivity index (χ4n) is 2.35. The van der Waals surface area contributed by atoms with Gasteiger partial charge in [0.1, 0.15) is 5.82 Å². The summed E-state index contributed by atoms with van der Waals surface area (Å²) in [4.78, 5) is 27.1. The van der Waals surface area contributed by atoms with Crippen LogP contribution in [0.1, 0.15) is 20.7 Å². The highest BCUT2D eigenvalue weighted by atomic mass is 19.1. The van der Waals surface area contributed by atoms with Gasteiger partial charge in [0.15, 0.2) is 0 Å². The average Bonchev–Trinajstić information content (AvgIpc) is 2.97. The van der Waals surface area contributed by atoms with Gasteiger partial charge in [0.25, 0.3) is 5.91 Å². The number of aromatic amines is 1. The summed E-state index contributed by atoms with van der Waals surface area (Å²) in [5, 5.41) is 3.13. The molecule has 3 aromatic rings. The minimum atomic E-state index is -0.550. The van der Waals surface area contributed by atoms with Crippen LogP contribution in [0.15, 0.2) is 48.7 Å². The van der Waals surface area contributed by atoms with Crippen LogP contribution >= 0.6 is 0 Å². The van der Waals surface area contributed by atoms with Crippen LogP contribution in [0.2, 0.25) is 0 Å². The van der Waals surface area contributed by atoms with E-state index in [4.69, 9.17) is 0 Å². The van der Waals surface area contributed by atoms with Crippen LogP contribution in [0, 0.1) is 5.82 Å². The van der Waals surface area contributed by atoms with Crippen LogP contribution in [-0.2, 0) is 4.74 Å². The van der Waals surface area contributed by atoms with Crippen molar-refractivity contribution in [2.24, 2.45) is 0 Å². The van der Waals surface area contributed by atoms with Crippen LogP contribution in [0.5, 0.6) is 0 Å². The molecular weight excluding hydrogens is 299 g/mol. The lowest BCUT2D eigenvalue weighted by Crippen LogP contribution is -2.15. The maximum absolute atomic E-state index is 13.4. The van der Waals surface area contributed by atoms with Gasteiger partial charge in [0.05, 0.1) is 23.9 Å². The first kappa shape index (κ1) is 14.8. The second kappa shape index (κ2) is 5.92. The van der Waals surface area contributed by atoms with Gasteiger partial charge in [-0.25, -0.2) is 9.18 Å². The molecule has 2 aromatic carbocycles. The Bertz CT molecular complexity index is 902. The van der Waals surface area contributed by atoms with Crippen LogP contribution in [-0.4, -0.2) is 24.0 Å². The van der Waals surface area contributed by atoms with Crippen molar-refractivity contribution in [1.29, 1.82) is 0 Å². The highest BCUT2D eigenvalue weighted by molar-refractivity contribution is 6.14. The van der Waals surface area contributed by atoms with Crippen molar-refractivity contribution in [3.63, 3.8) is 0 Å². The number of methoxy groups -OCH3 is 1. The van der Waals surface area contributed by atoms with Crippen molar-refractivity contribution in [3.8, 4) is 0 Å². The Morgan fingerprint density at radius 3 is 2.70 bits per heavy atom. The number of halogens is 1. The zero-order valence-corrected chi connectivity index (χ0v) is 12.2. The molecule has 0 aliphatic carbocycles. The molecule has 0 atom stereocenters. The molecule has 2 N–H and O–H groups in total. The Morgan fingerprint density at radius 2 is 1.91 bits per heavy atom. The average molecular weight is 312 g/mol. The summed E-state index contributed by atoms with van der Waals surface area (Å²) < 4.78 is 18.1. The predicted molar refractivity (Wildman–Crippen MR) is 84.0 cm³/mol. The Morgan fingerprint density at radius 1 is 1.13 bits per heavy atom. The molecule has 5 nitrogen and oxygen atoms in total. The fraction of sp³-hybridized carbons (Fsp3) is 0.0588. The van der Waals surface area contributed by atoms with Crippen LogP contribution in [0.4, 0.5) is 10.1 Å². The van der Waals surface area contributed by atoms with Crippen molar-refractivity contribution < 1.29 is 18.7 Å². The van der Waals surface area contributed by atoms with Gasteiger partial charge in [-0.2, -0.15) is 0 Å². The number of hydrogen-bond acceptors (Lipinski definition) is 3. The van der Waals surface area contributed by atoms with E-state index in [0.29, 0.717) is 22.2 Å². The van der Waals surface area contributed by atoms with Crippen LogP contribution in [0.25, 0.3) is 10.9 Å². The summed E-state index contributed by atoms with van der Waals surface area (Å²) in [6, 6.07) is 10.7. The zero-order valence-electron chi connectivity index (χ0n) is 12.2. The lowest BCUT2D eigenvalue weighted by atomic mass is 10.1. The maximum Gasteiger partial charge on any atom is 0.339 e. The number of amides is 1. The number of ether oxygens (including phenoxy) is 1. The predicted octanol–water partition coefficient (Wildman–Crippen LogP) is 3.35. The third-order valence-corrected chi connectivity index (χ3v) is 3.47. The van der Waals surface area contributed by atoms with E-state index in [9.17, 15) is 14.0 Å². The highest BCUT2D eigenvalue weighted by Crippen LogP contribution is 2.22. The van der Waals surface area contributed by atoms with Gasteiger partial charge >= 0.3 is 5.97 Å². The quantitative estimate of drug-likeness (QED) is 0.729. The van der Waals surface area contributed by atoms with Gasteiger partial charge in [0, 0.05) is 17.1 Å². The first-order valence-electron chi connectivity index (χ1n) is 6.85. The molecule has 1 heterocycles. The number of benzene rings is 2. The van der Waals surface area contributed by atoms with Crippen molar-refractivity contribution in [3.05, 3.63) is 65.6 Å². The molecule has 0 saturated heterocycles. The van der Waals surface area contributed by atoms with Gasteiger partial charge in [-0.15, -0.1) is 0 Å². The Hall–Kier alpha value is -3.15. The monoisotopic (exact) mass is 312 g/mol. The summed E-state index contributed by atoms with van der Waals surface area (Å²) in [7, 11) is 1.27. The fourth-order valence-corrected chi connectivity index (χ4v) is 2.35. The molecule has 3 rings (SSSR count). The van der Waals surface area contributed by atoms with E-state index in [2.05, 4.69) is 15.0 Å². The van der Waals surface area contributed by atoms with E-state index in [0.717, 1.165) is 0 Å². The number of carbonyl (C=O) groups excluding carboxylic acids is 2. The van der Waals surface area contributed by atoms with E-state index in [1.807, 2.05) is 0 Å². The summed E-state index contributed by atoms with van der Waals surface area (Å²) in [5.41, 5.74) is 1.52. The summed E-state index contributed by atoms with van der Waals surface area (Å²) >= 11 is 0. The Kier molecular flexibility index (Phi) is 3.80. The maximum atomic E-state index is 13.4. The van der Waals surface area contributed by atoms with E-state index in [1.165, 1.54) is 25.4 Å². The smallest absolute Gasteiger partial charge is 0.339 e. The molecule has 0 fully saturated rings. The molecule has 0 spiro atoms. The van der Waals surface area contributed by atoms with Crippen molar-refractivity contribution in [2.45, 2.75) is 0 Å². The van der Waals surface area contributed by atoms with E-state index in [-0.39, 0.29) is 5.56 Å². The van der Waals surface area contributed by atoms with Gasteiger partial charge in [-0.05, 0) is 30.3 Å². The van der Waals surface area contributed by atoms with Crippen LogP contribution in [0.3, 0.4) is 0 Å². The van der Waals surface area contributed by atoms with Gasteiger partial charge in [-0.1, -0.05) is 12.1 Å². The van der Waals surface area contributed by atoms with Gasteiger partial charge in [0.2, 0.25) is 0 Å². The third-order valence-electron chi connectivity index (χ3n) is 3.47. The lowest BCUT2D eigenvalue weighted by molar-refractivity contribution is 0.0602. The number of carbonyl (C=O) groups is 2. The molecule has 0 radical (unpaired) electrons. The number of esters is 1. The number of hydrogen-bond donors (Lipinski definition) is 2. The molecule has 6 heteroatoms. The van der Waals surface area contributed by atoms with E-state index >= 15 is 0 Å². The molecule has 0 aliphatic heterocycles. The van der Waals surface area contributed by atoms with Crippen molar-refractivity contribution in [1.82, 2.24) is 4.98 Å². The minimum Gasteiger partial charge on any atom is -0.465 e. The molecule has 1 amide bonds. The number of fused-ring (bicyclic) bond motifs is 1. The minimum absolute atomic E-state index is 0.245. The SMILES string of the molecule is COC(=O)c1ccccc1NC(=O)c1c[nH]c2ccc(F)cc12. The molecule has 116 valence electrons. The van der Waals surface area contributed by atoms with Crippen molar-refractivity contribution >= 4 is 28.5 Å². The standard InChI is InChI=1S/C17H13FN2O3/c1-23-17(22)11-4-2-3-5-15(11)20-16(21)13-9-19-14-7-6-10(18)8-12(13)14/h2-9,19H,1H3,(H,20,21). The number of aromatic nitrogens is 1. The summed E-state index contributed by atoms with van der Waals surface area (Å²) in [5.74, 6) is -1.43. The Labute approximate surface area is 131 Å². The topological polar surface area (TPSA) is 71.2 Å². The summed E-state index contributed by atoms with van der Waals surface area (Å²) in [6.45, 7) is 0. The molecule has 1 aromatic heterocycles. The van der Waals surface area contributed by atoms with E-state index in [1.54, 1.807) is 30.3 Å². The second-order valence-corrected chi connectivity index (χ2v) is 4.88. The Balaban J connectivity index is 1.96.